The van der Waals surface area contributed by atoms with Crippen LogP contribution in [0.4, 0.5) is 39.4 Å². The predicted molar refractivity (Wildman–Crippen MR) is 188 cm³/mol. The van der Waals surface area contributed by atoms with E-state index in [1.54, 1.807) is 12.5 Å². The van der Waals surface area contributed by atoms with Crippen molar-refractivity contribution in [2.24, 2.45) is 20.5 Å². The van der Waals surface area contributed by atoms with E-state index in [-0.39, 0.29) is 44.8 Å². The number of phenols is 2. The molecule has 0 atom stereocenters. The van der Waals surface area contributed by atoms with Crippen molar-refractivity contribution in [3.8, 4) is 11.5 Å². The number of benzene rings is 4. The van der Waals surface area contributed by atoms with E-state index in [1.165, 1.54) is 59.9 Å². The minimum Gasteiger partial charge on any atom is -0.505 e. The topological polar surface area (TPSA) is 323 Å². The first-order valence-electron chi connectivity index (χ1n) is 14.0. The Bertz CT molecular complexity index is 2500. The zero-order valence-electron chi connectivity index (χ0n) is 26.2. The summed E-state index contributed by atoms with van der Waals surface area (Å²) in [5.41, 5.74) is -0.871. The number of carbonyl (C=O) groups is 1. The number of nitrogens with zero attached hydrogens (tertiary/aromatic N) is 8. The van der Waals surface area contributed by atoms with Gasteiger partial charge in [-0.3, -0.25) is 19.1 Å². The lowest BCUT2D eigenvalue weighted by Crippen LogP contribution is -2.19. The minimum atomic E-state index is -4.93. The van der Waals surface area contributed by atoms with Gasteiger partial charge in [-0.1, -0.05) is 23.5 Å². The van der Waals surface area contributed by atoms with E-state index in [2.05, 4.69) is 61.5 Å². The number of H-pyrrole nitrogens is 2. The quantitative estimate of drug-likeness (QED) is 0.0445. The van der Waals surface area contributed by atoms with E-state index in [4.69, 9.17) is 0 Å². The number of amides is 2. The van der Waals surface area contributed by atoms with Crippen molar-refractivity contribution in [1.29, 1.82) is 0 Å². The van der Waals surface area contributed by atoms with E-state index >= 15 is 0 Å². The van der Waals surface area contributed by atoms with E-state index in [9.17, 15) is 40.9 Å². The molecule has 25 heteroatoms. The number of fused-ring (bicyclic) bond motifs is 2. The third kappa shape index (κ3) is 7.62. The Kier molecular flexibility index (Phi) is 9.79. The Morgan fingerprint density at radius 1 is 0.654 bits per heavy atom. The van der Waals surface area contributed by atoms with Crippen molar-refractivity contribution in [3.63, 3.8) is 0 Å². The van der Waals surface area contributed by atoms with Gasteiger partial charge in [-0.05, 0) is 71.8 Å². The number of phenolic OH excluding ortho intramolecular Hbond substituents is 2. The van der Waals surface area contributed by atoms with Gasteiger partial charge in [0, 0.05) is 22.1 Å². The van der Waals surface area contributed by atoms with E-state index < -0.39 is 58.9 Å². The fourth-order valence-corrected chi connectivity index (χ4v) is 6.63. The molecule has 6 aromatic rings. The third-order valence-electron chi connectivity index (χ3n) is 6.96. The molecule has 0 saturated carbocycles. The number of urea groups is 1. The summed E-state index contributed by atoms with van der Waals surface area (Å²) in [4.78, 5) is 16.8. The summed E-state index contributed by atoms with van der Waals surface area (Å²) in [6.45, 7) is 0. The first-order chi connectivity index (χ1) is 24.6. The Morgan fingerprint density at radius 2 is 1.06 bits per heavy atom. The Balaban J connectivity index is 1.26. The van der Waals surface area contributed by atoms with Gasteiger partial charge in [0.15, 0.2) is 21.8 Å². The second-order valence-electron chi connectivity index (χ2n) is 10.3. The second-order valence-corrected chi connectivity index (χ2v) is 14.6. The molecule has 2 heterocycles. The number of aromatic hydroxyl groups is 2. The molecule has 21 nitrogen and oxygen atoms in total. The molecule has 8 N–H and O–H groups in total. The highest BCUT2D eigenvalue weighted by Gasteiger charge is 2.24. The summed E-state index contributed by atoms with van der Waals surface area (Å²) in [6.07, 6.45) is 3.46. The molecule has 0 aliphatic heterocycles. The van der Waals surface area contributed by atoms with E-state index in [1.807, 2.05) is 0 Å². The number of azo groups is 2. The summed E-state index contributed by atoms with van der Waals surface area (Å²) in [5, 5.41) is 58.2. The largest absolute Gasteiger partial charge is 0.505 e. The van der Waals surface area contributed by atoms with Gasteiger partial charge in [-0.15, -0.1) is 40.9 Å². The lowest BCUT2D eigenvalue weighted by molar-refractivity contribution is 0.262. The van der Waals surface area contributed by atoms with E-state index in [0.29, 0.717) is 10.3 Å². The highest BCUT2D eigenvalue weighted by molar-refractivity contribution is 7.98. The molecule has 0 saturated heterocycles. The van der Waals surface area contributed by atoms with Crippen molar-refractivity contribution in [2.75, 3.05) is 23.1 Å². The van der Waals surface area contributed by atoms with Gasteiger partial charge >= 0.3 is 6.03 Å². The zero-order valence-corrected chi connectivity index (χ0v) is 29.4. The number of carbonyl (C=O) groups excluding carboxylic acids is 1. The lowest BCUT2D eigenvalue weighted by atomic mass is 10.1. The van der Waals surface area contributed by atoms with Crippen LogP contribution in [-0.2, 0) is 20.2 Å². The molecule has 0 radical (unpaired) electrons. The van der Waals surface area contributed by atoms with Crippen LogP contribution < -0.4 is 10.6 Å². The molecule has 2 amide bonds. The normalized spacial score (nSPS) is 12.4. The van der Waals surface area contributed by atoms with Crippen molar-refractivity contribution < 1.29 is 40.9 Å². The standard InChI is InChI=1S/C27H22N12O9S4/c1-49-26-30-23(36-38-26)34-32-19-17(51(43,44)45)9-11-7-13(3-5-15(11)21(19)40)28-25(42)29-14-4-6-16-12(8-14)10-18(52(46,47)48)20(22(16)41)33-35-24-31-27(50-2)39-37-24/h3-10,40-41H,1-2H3,(H2,28,29,42)(H,30,36,38)(H,31,37,39)(H,43,44,45)(H,46,47,48). The highest BCUT2D eigenvalue weighted by atomic mass is 32.2. The highest BCUT2D eigenvalue weighted by Crippen LogP contribution is 2.43. The fourth-order valence-electron chi connectivity index (χ4n) is 4.68. The first kappa shape index (κ1) is 36.1. The molecule has 2 aromatic heterocycles. The van der Waals surface area contributed by atoms with Crippen LogP contribution in [0.3, 0.4) is 0 Å². The third-order valence-corrected chi connectivity index (χ3v) is 9.83. The van der Waals surface area contributed by atoms with Crippen molar-refractivity contribution in [3.05, 3.63) is 48.5 Å². The summed E-state index contributed by atoms with van der Waals surface area (Å²) in [5.74, 6) is -1.44. The molecular formula is C27H22N12O9S4. The molecule has 6 rings (SSSR count). The van der Waals surface area contributed by atoms with Gasteiger partial charge in [0.05, 0.1) is 0 Å². The molecule has 0 fully saturated rings. The number of nitrogens with one attached hydrogen (secondary N) is 4. The van der Waals surface area contributed by atoms with Crippen LogP contribution in [0.25, 0.3) is 21.5 Å². The van der Waals surface area contributed by atoms with Crippen LogP contribution in [0.5, 0.6) is 11.5 Å². The number of hydrogen-bond acceptors (Lipinski definition) is 17. The average Bonchev–Trinajstić information content (AvgIpc) is 3.75. The van der Waals surface area contributed by atoms with Crippen LogP contribution >= 0.6 is 23.5 Å². The van der Waals surface area contributed by atoms with Crippen molar-refractivity contribution >= 4 is 106 Å². The van der Waals surface area contributed by atoms with Crippen molar-refractivity contribution in [2.45, 2.75) is 20.1 Å². The summed E-state index contributed by atoms with van der Waals surface area (Å²) >= 11 is 2.47. The van der Waals surface area contributed by atoms with Crippen LogP contribution in [0, 0.1) is 0 Å². The smallest absolute Gasteiger partial charge is 0.323 e. The Hall–Kier alpha value is -5.73. The fraction of sp³-hybridized carbons (Fsp3) is 0.0741. The van der Waals surface area contributed by atoms with Crippen LogP contribution in [0.1, 0.15) is 0 Å². The molecule has 0 spiro atoms. The molecular weight excluding hydrogens is 765 g/mol. The van der Waals surface area contributed by atoms with Gasteiger partial charge in [0.1, 0.15) is 21.2 Å². The van der Waals surface area contributed by atoms with Gasteiger partial charge in [0.25, 0.3) is 32.1 Å². The molecule has 0 aliphatic carbocycles. The maximum Gasteiger partial charge on any atom is 0.323 e. The van der Waals surface area contributed by atoms with Gasteiger partial charge in [-0.25, -0.2) is 4.79 Å². The number of aromatic nitrogens is 6. The van der Waals surface area contributed by atoms with Crippen LogP contribution in [0.2, 0.25) is 0 Å². The minimum absolute atomic E-state index is 0.0853. The monoisotopic (exact) mass is 786 g/mol. The average molecular weight is 787 g/mol. The summed E-state index contributed by atoms with van der Waals surface area (Å²) in [6, 6.07) is 9.40. The van der Waals surface area contributed by atoms with Gasteiger partial charge < -0.3 is 20.8 Å². The molecule has 0 bridgehead atoms. The van der Waals surface area contributed by atoms with Crippen molar-refractivity contribution in [1.82, 2.24) is 30.4 Å². The Morgan fingerprint density at radius 3 is 1.40 bits per heavy atom. The summed E-state index contributed by atoms with van der Waals surface area (Å²) < 4.78 is 68.7. The van der Waals surface area contributed by atoms with E-state index in [0.717, 1.165) is 12.1 Å². The second kappa shape index (κ2) is 14.1. The predicted octanol–water partition coefficient (Wildman–Crippen LogP) is 6.05. The zero-order chi connectivity index (χ0) is 37.4. The Labute approximate surface area is 300 Å². The first-order valence-corrected chi connectivity index (χ1v) is 19.4. The molecule has 0 unspecified atom stereocenters. The number of thioether (sulfide) groups is 2. The number of rotatable bonds is 10. The van der Waals surface area contributed by atoms with Gasteiger partial charge in [0.2, 0.25) is 0 Å². The number of anilines is 2. The lowest BCUT2D eigenvalue weighted by Gasteiger charge is -2.13. The SMILES string of the molecule is CSc1nnc(N=Nc2c(S(=O)(=O)O)cc3cc(NC(=O)Nc4ccc5c(O)c(N=Nc6nnc(SC)[nH]6)c(S(=O)(=O)O)cc5c4)ccc3c2O)[nH]1. The molecule has 0 aliphatic rings. The molecule has 52 heavy (non-hydrogen) atoms. The number of hydrogen-bond donors (Lipinski definition) is 8. The maximum absolute atomic E-state index is 13.0. The molecule has 268 valence electrons. The van der Waals surface area contributed by atoms with Gasteiger partial charge in [-0.2, -0.15) is 16.8 Å². The van der Waals surface area contributed by atoms with Crippen LogP contribution in [-0.4, -0.2) is 85.1 Å². The maximum atomic E-state index is 13.0. The van der Waals surface area contributed by atoms with Crippen LogP contribution in [0.15, 0.2) is 89.1 Å². The summed E-state index contributed by atoms with van der Waals surface area (Å²) in [7, 11) is -9.87. The number of aromatic amines is 2. The molecule has 4 aromatic carbocycles.